The highest BCUT2D eigenvalue weighted by Gasteiger charge is 2.19. The molecule has 3 rings (SSSR count). The molecule has 5 heteroatoms. The van der Waals surface area contributed by atoms with Gasteiger partial charge in [-0.25, -0.2) is 0 Å². The fourth-order valence-corrected chi connectivity index (χ4v) is 3.55. The Morgan fingerprint density at radius 3 is 2.64 bits per heavy atom. The highest BCUT2D eigenvalue weighted by molar-refractivity contribution is 9.10. The van der Waals surface area contributed by atoms with E-state index in [2.05, 4.69) is 21.2 Å². The molecular formula is C20H21BrN2O2. The number of halogens is 1. The Labute approximate surface area is 155 Å². The van der Waals surface area contributed by atoms with Crippen LogP contribution >= 0.6 is 15.9 Å². The van der Waals surface area contributed by atoms with Crippen LogP contribution in [0.1, 0.15) is 37.7 Å². The van der Waals surface area contributed by atoms with E-state index < -0.39 is 0 Å². The van der Waals surface area contributed by atoms with Crippen molar-refractivity contribution >= 4 is 33.6 Å². The maximum Gasteiger partial charge on any atom is 0.268 e. The summed E-state index contributed by atoms with van der Waals surface area (Å²) < 4.78 is 2.33. The van der Waals surface area contributed by atoms with Gasteiger partial charge in [0.1, 0.15) is 5.70 Å². The first-order valence-corrected chi connectivity index (χ1v) is 9.39. The number of amides is 1. The zero-order chi connectivity index (χ0) is 17.6. The molecule has 4 nitrogen and oxygen atoms in total. The molecule has 130 valence electrons. The average Bonchev–Trinajstić information content (AvgIpc) is 2.61. The number of aromatic nitrogens is 1. The zero-order valence-electron chi connectivity index (χ0n) is 14.0. The van der Waals surface area contributed by atoms with E-state index in [1.165, 1.54) is 17.1 Å². The molecular weight excluding hydrogens is 380 g/mol. The number of benzene rings is 1. The molecule has 1 heterocycles. The number of nitrogens with one attached hydrogen (secondary N) is 1. The number of hydrogen-bond donors (Lipinski definition) is 1. The first kappa shape index (κ1) is 17.7. The molecule has 0 aliphatic heterocycles. The number of carbonyl (C=O) groups is 1. The van der Waals surface area contributed by atoms with Crippen molar-refractivity contribution in [3.8, 4) is 0 Å². The van der Waals surface area contributed by atoms with Crippen molar-refractivity contribution in [2.24, 2.45) is 0 Å². The third-order valence-electron chi connectivity index (χ3n) is 4.41. The van der Waals surface area contributed by atoms with Gasteiger partial charge in [-0.2, -0.15) is 0 Å². The third-order valence-corrected chi connectivity index (χ3v) is 4.90. The van der Waals surface area contributed by atoms with E-state index in [4.69, 9.17) is 0 Å². The SMILES string of the molecule is O=C(NC1CCCCC1)/C(=C\c1cccc(Br)c1)n1ccccc1=O. The average molecular weight is 401 g/mol. The molecule has 0 saturated heterocycles. The molecule has 1 N–H and O–H groups in total. The van der Waals surface area contributed by atoms with Crippen molar-refractivity contribution in [2.45, 2.75) is 38.1 Å². The standard InChI is InChI=1S/C20H21BrN2O2/c21-16-8-6-7-15(13-16)14-18(23-12-5-4-11-19(23)24)20(25)22-17-9-2-1-3-10-17/h4-8,11-14,17H,1-3,9-10H2,(H,22,25)/b18-14+. The van der Waals surface area contributed by atoms with Crippen LogP contribution in [-0.4, -0.2) is 16.5 Å². The Bertz CT molecular complexity index is 835. The molecule has 1 aromatic heterocycles. The van der Waals surface area contributed by atoms with Crippen molar-refractivity contribution in [1.82, 2.24) is 9.88 Å². The van der Waals surface area contributed by atoms with E-state index in [1.807, 2.05) is 24.3 Å². The Hall–Kier alpha value is -2.14. The normalized spacial score (nSPS) is 15.8. The minimum Gasteiger partial charge on any atom is -0.348 e. The van der Waals surface area contributed by atoms with E-state index in [1.54, 1.807) is 24.4 Å². The number of pyridine rings is 1. The molecule has 25 heavy (non-hydrogen) atoms. The quantitative estimate of drug-likeness (QED) is 0.786. The minimum absolute atomic E-state index is 0.187. The van der Waals surface area contributed by atoms with Crippen LogP contribution in [0.15, 0.2) is 57.9 Å². The second-order valence-electron chi connectivity index (χ2n) is 6.30. The molecule has 1 aliphatic rings. The Balaban J connectivity index is 1.95. The summed E-state index contributed by atoms with van der Waals surface area (Å²) in [6.45, 7) is 0. The Kier molecular flexibility index (Phi) is 5.87. The van der Waals surface area contributed by atoms with Crippen molar-refractivity contribution in [1.29, 1.82) is 0 Å². The van der Waals surface area contributed by atoms with Crippen LogP contribution in [0.4, 0.5) is 0 Å². The molecule has 0 bridgehead atoms. The molecule has 1 amide bonds. The summed E-state index contributed by atoms with van der Waals surface area (Å²) in [5.41, 5.74) is 0.982. The lowest BCUT2D eigenvalue weighted by molar-refractivity contribution is -0.116. The maximum absolute atomic E-state index is 12.9. The number of hydrogen-bond acceptors (Lipinski definition) is 2. The van der Waals surface area contributed by atoms with Crippen molar-refractivity contribution < 1.29 is 4.79 Å². The van der Waals surface area contributed by atoms with Gasteiger partial charge in [-0.3, -0.25) is 14.2 Å². The van der Waals surface area contributed by atoms with Crippen LogP contribution in [0.2, 0.25) is 0 Å². The monoisotopic (exact) mass is 400 g/mol. The van der Waals surface area contributed by atoms with Crippen molar-refractivity contribution in [3.63, 3.8) is 0 Å². The highest BCUT2D eigenvalue weighted by atomic mass is 79.9. The summed E-state index contributed by atoms with van der Waals surface area (Å²) in [6.07, 6.45) is 8.89. The zero-order valence-corrected chi connectivity index (χ0v) is 15.5. The lowest BCUT2D eigenvalue weighted by Gasteiger charge is -2.23. The maximum atomic E-state index is 12.9. The molecule has 1 aliphatic carbocycles. The molecule has 1 fully saturated rings. The van der Waals surface area contributed by atoms with E-state index in [0.717, 1.165) is 35.7 Å². The molecule has 0 unspecified atom stereocenters. The summed E-state index contributed by atoms with van der Waals surface area (Å²) >= 11 is 3.44. The van der Waals surface area contributed by atoms with Crippen LogP contribution in [0.25, 0.3) is 11.8 Å². The van der Waals surface area contributed by atoms with E-state index in [9.17, 15) is 9.59 Å². The van der Waals surface area contributed by atoms with Gasteiger partial charge >= 0.3 is 0 Å². The van der Waals surface area contributed by atoms with Gasteiger partial charge in [0.05, 0.1) is 0 Å². The first-order chi connectivity index (χ1) is 12.1. The van der Waals surface area contributed by atoms with Gasteiger partial charge in [-0.1, -0.05) is 53.4 Å². The molecule has 0 radical (unpaired) electrons. The molecule has 2 aromatic rings. The minimum atomic E-state index is -0.220. The fraction of sp³-hybridized carbons (Fsp3) is 0.300. The number of rotatable bonds is 4. The third kappa shape index (κ3) is 4.69. The summed E-state index contributed by atoms with van der Waals surface area (Å²) in [4.78, 5) is 25.1. The molecule has 1 saturated carbocycles. The van der Waals surface area contributed by atoms with E-state index in [0.29, 0.717) is 5.70 Å². The largest absolute Gasteiger partial charge is 0.348 e. The number of nitrogens with zero attached hydrogens (tertiary/aromatic N) is 1. The van der Waals surface area contributed by atoms with Gasteiger partial charge in [0.2, 0.25) is 0 Å². The Morgan fingerprint density at radius 2 is 1.92 bits per heavy atom. The molecule has 0 spiro atoms. The van der Waals surface area contributed by atoms with Gasteiger partial charge < -0.3 is 5.32 Å². The van der Waals surface area contributed by atoms with Crippen LogP contribution < -0.4 is 10.9 Å². The predicted octanol–water partition coefficient (Wildman–Crippen LogP) is 4.06. The Morgan fingerprint density at radius 1 is 1.12 bits per heavy atom. The second-order valence-corrected chi connectivity index (χ2v) is 7.22. The smallest absolute Gasteiger partial charge is 0.268 e. The van der Waals surface area contributed by atoms with Gasteiger partial charge in [-0.05, 0) is 42.7 Å². The summed E-state index contributed by atoms with van der Waals surface area (Å²) in [6, 6.07) is 12.7. The number of carbonyl (C=O) groups excluding carboxylic acids is 1. The van der Waals surface area contributed by atoms with Gasteiger partial charge in [0.15, 0.2) is 0 Å². The fourth-order valence-electron chi connectivity index (χ4n) is 3.13. The van der Waals surface area contributed by atoms with Crippen LogP contribution in [0.5, 0.6) is 0 Å². The second kappa shape index (κ2) is 8.30. The summed E-state index contributed by atoms with van der Waals surface area (Å²) in [7, 11) is 0. The molecule has 0 atom stereocenters. The van der Waals surface area contributed by atoms with Crippen molar-refractivity contribution in [3.05, 3.63) is 69.1 Å². The highest BCUT2D eigenvalue weighted by Crippen LogP contribution is 2.19. The van der Waals surface area contributed by atoms with Gasteiger partial charge in [-0.15, -0.1) is 0 Å². The van der Waals surface area contributed by atoms with Crippen molar-refractivity contribution in [2.75, 3.05) is 0 Å². The van der Waals surface area contributed by atoms with Gasteiger partial charge in [0, 0.05) is 22.8 Å². The van der Waals surface area contributed by atoms with Crippen LogP contribution in [-0.2, 0) is 4.79 Å². The first-order valence-electron chi connectivity index (χ1n) is 8.60. The lowest BCUT2D eigenvalue weighted by atomic mass is 9.95. The van der Waals surface area contributed by atoms with E-state index in [-0.39, 0.29) is 17.5 Å². The topological polar surface area (TPSA) is 51.1 Å². The summed E-state index contributed by atoms with van der Waals surface area (Å²) in [5.74, 6) is -0.208. The predicted molar refractivity (Wildman–Crippen MR) is 104 cm³/mol. The van der Waals surface area contributed by atoms with Gasteiger partial charge in [0.25, 0.3) is 11.5 Å². The van der Waals surface area contributed by atoms with Crippen LogP contribution in [0, 0.1) is 0 Å². The van der Waals surface area contributed by atoms with E-state index >= 15 is 0 Å². The summed E-state index contributed by atoms with van der Waals surface area (Å²) in [5, 5.41) is 3.10. The lowest BCUT2D eigenvalue weighted by Crippen LogP contribution is -2.38. The van der Waals surface area contributed by atoms with Crippen LogP contribution in [0.3, 0.4) is 0 Å². The molecule has 1 aromatic carbocycles.